The Balaban J connectivity index is -0.000000593. The molecule has 1 amide bonds. The summed E-state index contributed by atoms with van der Waals surface area (Å²) < 4.78 is 0. The summed E-state index contributed by atoms with van der Waals surface area (Å²) in [5.74, 6) is 1.06. The molecule has 2 saturated heterocycles. The number of nitrogens with one attached hydrogen (secondary N) is 2. The van der Waals surface area contributed by atoms with Gasteiger partial charge >= 0.3 is 0 Å². The molecule has 2 aliphatic heterocycles. The van der Waals surface area contributed by atoms with Gasteiger partial charge < -0.3 is 55.2 Å². The first kappa shape index (κ1) is 37.0. The monoisotopic (exact) mass is 601 g/mol. The number of aromatic hydroxyl groups is 2. The van der Waals surface area contributed by atoms with Crippen LogP contribution in [0.3, 0.4) is 0 Å². The van der Waals surface area contributed by atoms with Crippen LogP contribution in [0.5, 0.6) is 11.5 Å². The van der Waals surface area contributed by atoms with Crippen LogP contribution in [0.4, 0.5) is 29.2 Å². The smallest absolute Gasteiger partial charge is 0.259 e. The number of anilines is 5. The molecule has 2 aromatic carbocycles. The van der Waals surface area contributed by atoms with Crippen LogP contribution in [0.15, 0.2) is 42.5 Å². The van der Waals surface area contributed by atoms with Crippen LogP contribution in [0.25, 0.3) is 0 Å². The number of carbonyl (C=O) groups excluding carboxylic acids is 1. The highest BCUT2D eigenvalue weighted by atomic mass is 35.5. The highest BCUT2D eigenvalue weighted by Crippen LogP contribution is 2.26. The summed E-state index contributed by atoms with van der Waals surface area (Å²) in [5, 5.41) is 25.4. The molecule has 0 saturated carbocycles. The molecule has 2 fully saturated rings. The van der Waals surface area contributed by atoms with Crippen molar-refractivity contribution in [2.75, 3.05) is 46.6 Å². The molecule has 0 spiro atoms. The van der Waals surface area contributed by atoms with Gasteiger partial charge in [0.05, 0.1) is 5.56 Å². The Bertz CT molecular complexity index is 1210. The summed E-state index contributed by atoms with van der Waals surface area (Å²) in [4.78, 5) is 31.2. The highest BCUT2D eigenvalue weighted by Gasteiger charge is 2.20. The molecule has 0 atom stereocenters. The molecule has 0 aliphatic carbocycles. The second-order valence-corrected chi connectivity index (χ2v) is 9.21. The van der Waals surface area contributed by atoms with Crippen molar-refractivity contribution in [2.24, 2.45) is 0 Å². The Hall–Kier alpha value is -3.95. The quantitative estimate of drug-likeness (QED) is 0.154. The maximum Gasteiger partial charge on any atom is 0.259 e. The van der Waals surface area contributed by atoms with Crippen molar-refractivity contribution < 1.29 is 20.7 Å². The Labute approximate surface area is 252 Å². The summed E-state index contributed by atoms with van der Waals surface area (Å²) in [6, 6.07) is 11.0. The van der Waals surface area contributed by atoms with Crippen LogP contribution in [-0.2, 0) is 0 Å². The second-order valence-electron chi connectivity index (χ2n) is 9.21. The lowest BCUT2D eigenvalue weighted by Crippen LogP contribution is -2.34. The normalized spacial score (nSPS) is 14.0. The lowest BCUT2D eigenvalue weighted by molar-refractivity contribution is 0.102. The second kappa shape index (κ2) is 17.0. The molecule has 0 radical (unpaired) electrons. The van der Waals surface area contributed by atoms with E-state index in [9.17, 15) is 15.0 Å². The van der Waals surface area contributed by atoms with Crippen LogP contribution < -0.4 is 45.0 Å². The van der Waals surface area contributed by atoms with Gasteiger partial charge in [-0.3, -0.25) is 4.79 Å². The zero-order valence-electron chi connectivity index (χ0n) is 23.4. The number of carbonyl (C=O) groups is 1. The lowest BCUT2D eigenvalue weighted by atomic mass is 10.1. The molecule has 5 rings (SSSR count). The average molecular weight is 602 g/mol. The van der Waals surface area contributed by atoms with Crippen LogP contribution >= 0.6 is 12.4 Å². The van der Waals surface area contributed by atoms with Crippen molar-refractivity contribution in [3.8, 4) is 11.5 Å². The summed E-state index contributed by atoms with van der Waals surface area (Å²) in [5.41, 5.74) is 1.42. The van der Waals surface area contributed by atoms with E-state index in [0.717, 1.165) is 63.6 Å². The first-order valence-corrected chi connectivity index (χ1v) is 12.5. The van der Waals surface area contributed by atoms with E-state index in [1.54, 1.807) is 12.1 Å². The van der Waals surface area contributed by atoms with Gasteiger partial charge in [-0.25, -0.2) is 0 Å². The first-order chi connectivity index (χ1) is 17.5. The van der Waals surface area contributed by atoms with Crippen molar-refractivity contribution in [2.45, 2.75) is 38.5 Å². The number of benzene rings is 2. The zero-order chi connectivity index (χ0) is 24.9. The highest BCUT2D eigenvalue weighted by molar-refractivity contribution is 6.06. The van der Waals surface area contributed by atoms with Crippen molar-refractivity contribution in [1.82, 2.24) is 39.6 Å². The van der Waals surface area contributed by atoms with Gasteiger partial charge in [-0.1, -0.05) is 0 Å². The molecular weight excluding hydrogens is 550 g/mol. The SMILES string of the molecule is Cl.N.N.N.N.O=C(Nc1ccc(Nc2nc(N3CCCCC3)nc(N3CCCCC3)n2)cc1)c1ccc(O)cc1O.[HH].[HH].[HH].[HH]. The average Bonchev–Trinajstić information content (AvgIpc) is 2.90. The summed E-state index contributed by atoms with van der Waals surface area (Å²) >= 11 is 0. The molecule has 15 heteroatoms. The largest absolute Gasteiger partial charge is 0.508 e. The molecule has 0 unspecified atom stereocenters. The van der Waals surface area contributed by atoms with Gasteiger partial charge in [0, 0.05) is 49.3 Å². The fourth-order valence-corrected chi connectivity index (χ4v) is 4.56. The van der Waals surface area contributed by atoms with E-state index < -0.39 is 5.91 Å². The third-order valence-corrected chi connectivity index (χ3v) is 6.51. The fourth-order valence-electron chi connectivity index (χ4n) is 4.56. The van der Waals surface area contributed by atoms with E-state index in [2.05, 4.69) is 20.4 Å². The number of rotatable bonds is 6. The molecule has 41 heavy (non-hydrogen) atoms. The van der Waals surface area contributed by atoms with Gasteiger partial charge in [-0.05, 0) is 74.9 Å². The summed E-state index contributed by atoms with van der Waals surface area (Å²) in [7, 11) is 0. The summed E-state index contributed by atoms with van der Waals surface area (Å²) in [6.07, 6.45) is 7.04. The molecule has 14 nitrogen and oxygen atoms in total. The minimum Gasteiger partial charge on any atom is -0.508 e. The first-order valence-electron chi connectivity index (χ1n) is 12.5. The van der Waals surface area contributed by atoms with E-state index in [1.807, 2.05) is 12.1 Å². The van der Waals surface area contributed by atoms with Crippen molar-refractivity contribution >= 4 is 47.5 Å². The third-order valence-electron chi connectivity index (χ3n) is 6.51. The van der Waals surface area contributed by atoms with Gasteiger partial charge in [-0.2, -0.15) is 15.0 Å². The standard InChI is InChI=1S/C26H31N7O3.ClH.4H3N.4H2/c34-20-11-12-21(22(35)17-20)23(36)27-18-7-9-19(10-8-18)28-24-29-25(32-13-3-1-4-14-32)31-26(30-24)33-15-5-2-6-16-33;;;;;;;;;/h7-12,17,34-35H,1-6,13-16H2,(H,27,36)(H,28,29,30,31);1H;4*1H3;4*1H. The van der Waals surface area contributed by atoms with E-state index in [0.29, 0.717) is 23.5 Å². The number of hydrogen-bond acceptors (Lipinski definition) is 13. The van der Waals surface area contributed by atoms with E-state index in [-0.39, 0.29) is 59.8 Å². The number of hydrogen-bond donors (Lipinski definition) is 8. The Kier molecular flexibility index (Phi) is 15.4. The fraction of sp³-hybridized carbons (Fsp3) is 0.385. The van der Waals surface area contributed by atoms with E-state index >= 15 is 0 Å². The van der Waals surface area contributed by atoms with E-state index in [4.69, 9.17) is 15.0 Å². The predicted octanol–water partition coefficient (Wildman–Crippen LogP) is 6.31. The van der Waals surface area contributed by atoms with Gasteiger partial charge in [0.1, 0.15) is 11.5 Å². The Morgan fingerprint density at radius 1 is 0.707 bits per heavy atom. The third kappa shape index (κ3) is 9.30. The number of halogens is 1. The van der Waals surface area contributed by atoms with Crippen LogP contribution in [0.1, 0.15) is 54.6 Å². The number of piperidine rings is 2. The maximum atomic E-state index is 12.5. The summed E-state index contributed by atoms with van der Waals surface area (Å²) in [6.45, 7) is 3.81. The van der Waals surface area contributed by atoms with Crippen molar-refractivity contribution in [3.05, 3.63) is 48.0 Å². The predicted molar refractivity (Wildman–Crippen MR) is 175 cm³/mol. The van der Waals surface area contributed by atoms with Crippen molar-refractivity contribution in [3.63, 3.8) is 0 Å². The van der Waals surface area contributed by atoms with Crippen LogP contribution in [-0.4, -0.2) is 57.3 Å². The number of amides is 1. The molecule has 3 aromatic rings. The molecule has 0 bridgehead atoms. The molecule has 1 aromatic heterocycles. The minimum absolute atomic E-state index is 0. The minimum atomic E-state index is -0.469. The molecule has 16 N–H and O–H groups in total. The molecule has 3 heterocycles. The van der Waals surface area contributed by atoms with Gasteiger partial charge in [-0.15, -0.1) is 12.4 Å². The Morgan fingerprint density at radius 2 is 1.20 bits per heavy atom. The van der Waals surface area contributed by atoms with Crippen molar-refractivity contribution in [1.29, 1.82) is 0 Å². The number of phenols is 2. The zero-order valence-corrected chi connectivity index (χ0v) is 24.2. The molecule has 2 aliphatic rings. The number of phenolic OH excluding ortho intramolecular Hbond substituents is 2. The topological polar surface area (TPSA) is 267 Å². The van der Waals surface area contributed by atoms with Gasteiger partial charge in [0.2, 0.25) is 17.8 Å². The number of nitrogens with zero attached hydrogens (tertiary/aromatic N) is 5. The van der Waals surface area contributed by atoms with E-state index in [1.165, 1.54) is 25.0 Å². The Morgan fingerprint density at radius 3 is 1.68 bits per heavy atom. The van der Waals surface area contributed by atoms with Crippen LogP contribution in [0.2, 0.25) is 0 Å². The lowest BCUT2D eigenvalue weighted by Gasteiger charge is -2.30. The van der Waals surface area contributed by atoms with Crippen LogP contribution in [0, 0.1) is 0 Å². The number of aromatic nitrogens is 3. The molecule has 236 valence electrons. The maximum absolute atomic E-state index is 12.5. The molecular formula is C26H52ClN11O3. The van der Waals surface area contributed by atoms with Gasteiger partial charge in [0.15, 0.2) is 0 Å². The van der Waals surface area contributed by atoms with Gasteiger partial charge in [0.25, 0.3) is 5.91 Å².